The standard InChI is InChI=1S/C18H29N3O2.HI/c1-5-23-17-11-15(8-9-16(17)22-4)12-20-18(19-3)21-10-6-7-14(2)13-21;/h8-9,11,14H,5-7,10,12-13H2,1-4H3,(H,19,20);1H. The molecular formula is C18H30IN3O2. The van der Waals surface area contributed by atoms with Gasteiger partial charge in [-0.3, -0.25) is 4.99 Å². The first-order chi connectivity index (χ1) is 11.2. The Morgan fingerprint density at radius 3 is 2.79 bits per heavy atom. The summed E-state index contributed by atoms with van der Waals surface area (Å²) in [6.07, 6.45) is 2.54. The molecule has 1 aliphatic heterocycles. The van der Waals surface area contributed by atoms with Crippen LogP contribution < -0.4 is 14.8 Å². The molecule has 0 spiro atoms. The minimum atomic E-state index is 0. The SMILES string of the molecule is CCOc1cc(CNC(=NC)N2CCCC(C)C2)ccc1OC.I. The molecule has 1 atom stereocenters. The molecule has 0 aromatic heterocycles. The van der Waals surface area contributed by atoms with Crippen LogP contribution in [0.1, 0.15) is 32.3 Å². The molecule has 1 unspecified atom stereocenters. The van der Waals surface area contributed by atoms with Crippen molar-refractivity contribution >= 4 is 29.9 Å². The number of benzene rings is 1. The van der Waals surface area contributed by atoms with Crippen molar-refractivity contribution in [2.24, 2.45) is 10.9 Å². The zero-order valence-electron chi connectivity index (χ0n) is 15.2. The molecule has 1 aromatic carbocycles. The third-order valence-electron chi connectivity index (χ3n) is 4.15. The molecule has 0 bridgehead atoms. The van der Waals surface area contributed by atoms with Gasteiger partial charge in [0.1, 0.15) is 0 Å². The summed E-state index contributed by atoms with van der Waals surface area (Å²) in [5, 5.41) is 3.46. The van der Waals surface area contributed by atoms with E-state index in [4.69, 9.17) is 9.47 Å². The van der Waals surface area contributed by atoms with Crippen molar-refractivity contribution in [1.82, 2.24) is 10.2 Å². The highest BCUT2D eigenvalue weighted by Gasteiger charge is 2.19. The van der Waals surface area contributed by atoms with Crippen LogP contribution in [0.5, 0.6) is 11.5 Å². The first kappa shape index (κ1) is 20.9. The second-order valence-corrected chi connectivity index (χ2v) is 6.01. The van der Waals surface area contributed by atoms with Crippen LogP contribution in [0, 0.1) is 5.92 Å². The topological polar surface area (TPSA) is 46.1 Å². The van der Waals surface area contributed by atoms with Gasteiger partial charge < -0.3 is 19.7 Å². The molecular weight excluding hydrogens is 417 g/mol. The molecule has 1 saturated heterocycles. The van der Waals surface area contributed by atoms with Gasteiger partial charge in [-0.2, -0.15) is 0 Å². The lowest BCUT2D eigenvalue weighted by atomic mass is 10.0. The first-order valence-corrected chi connectivity index (χ1v) is 8.43. The molecule has 6 heteroatoms. The van der Waals surface area contributed by atoms with Gasteiger partial charge in [-0.1, -0.05) is 13.0 Å². The van der Waals surface area contributed by atoms with Crippen LogP contribution in [0.25, 0.3) is 0 Å². The lowest BCUT2D eigenvalue weighted by molar-refractivity contribution is 0.266. The van der Waals surface area contributed by atoms with Crippen LogP contribution in [0.2, 0.25) is 0 Å². The van der Waals surface area contributed by atoms with E-state index in [1.807, 2.05) is 26.1 Å². The Morgan fingerprint density at radius 1 is 1.38 bits per heavy atom. The van der Waals surface area contributed by atoms with Gasteiger partial charge in [-0.15, -0.1) is 24.0 Å². The monoisotopic (exact) mass is 447 g/mol. The van der Waals surface area contributed by atoms with Crippen LogP contribution in [-0.2, 0) is 6.54 Å². The van der Waals surface area contributed by atoms with Gasteiger partial charge in [0, 0.05) is 26.7 Å². The summed E-state index contributed by atoms with van der Waals surface area (Å²) >= 11 is 0. The summed E-state index contributed by atoms with van der Waals surface area (Å²) in [5.74, 6) is 3.26. The van der Waals surface area contributed by atoms with Crippen LogP contribution in [-0.4, -0.2) is 44.7 Å². The number of halogens is 1. The first-order valence-electron chi connectivity index (χ1n) is 8.43. The van der Waals surface area contributed by atoms with E-state index in [0.717, 1.165) is 48.6 Å². The van der Waals surface area contributed by atoms with Gasteiger partial charge in [0.25, 0.3) is 0 Å². The lowest BCUT2D eigenvalue weighted by Gasteiger charge is -2.33. The zero-order chi connectivity index (χ0) is 16.7. The molecule has 24 heavy (non-hydrogen) atoms. The van der Waals surface area contributed by atoms with Crippen molar-refractivity contribution < 1.29 is 9.47 Å². The third-order valence-corrected chi connectivity index (χ3v) is 4.15. The summed E-state index contributed by atoms with van der Waals surface area (Å²) < 4.78 is 11.0. The molecule has 1 fully saturated rings. The summed E-state index contributed by atoms with van der Waals surface area (Å²) in [7, 11) is 3.51. The maximum atomic E-state index is 5.64. The van der Waals surface area contributed by atoms with Crippen molar-refractivity contribution in [2.45, 2.75) is 33.2 Å². The van der Waals surface area contributed by atoms with E-state index < -0.39 is 0 Å². The van der Waals surface area contributed by atoms with Gasteiger partial charge in [-0.05, 0) is 43.4 Å². The minimum absolute atomic E-state index is 0. The second kappa shape index (κ2) is 10.6. The predicted octanol–water partition coefficient (Wildman–Crippen LogP) is 3.52. The summed E-state index contributed by atoms with van der Waals surface area (Å²) in [6.45, 7) is 7.78. The van der Waals surface area contributed by atoms with Gasteiger partial charge in [0.05, 0.1) is 13.7 Å². The Kier molecular flexibility index (Phi) is 9.25. The quantitative estimate of drug-likeness (QED) is 0.426. The largest absolute Gasteiger partial charge is 0.493 e. The molecule has 1 aliphatic rings. The van der Waals surface area contributed by atoms with E-state index in [9.17, 15) is 0 Å². The van der Waals surface area contributed by atoms with E-state index in [-0.39, 0.29) is 24.0 Å². The summed E-state index contributed by atoms with van der Waals surface area (Å²) in [4.78, 5) is 6.78. The second-order valence-electron chi connectivity index (χ2n) is 6.01. The maximum Gasteiger partial charge on any atom is 0.193 e. The molecule has 0 aliphatic carbocycles. The Bertz CT molecular complexity index is 537. The van der Waals surface area contributed by atoms with Gasteiger partial charge in [-0.25, -0.2) is 0 Å². The molecule has 1 aromatic rings. The number of guanidine groups is 1. The van der Waals surface area contributed by atoms with Crippen LogP contribution in [0.15, 0.2) is 23.2 Å². The summed E-state index contributed by atoms with van der Waals surface area (Å²) in [6, 6.07) is 6.04. The van der Waals surface area contributed by atoms with E-state index in [2.05, 4.69) is 28.2 Å². The van der Waals surface area contributed by atoms with E-state index >= 15 is 0 Å². The third kappa shape index (κ3) is 5.72. The molecule has 0 amide bonds. The number of aliphatic imine (C=N–C) groups is 1. The fraction of sp³-hybridized carbons (Fsp3) is 0.611. The van der Waals surface area contributed by atoms with Crippen molar-refractivity contribution in [3.8, 4) is 11.5 Å². The van der Waals surface area contributed by atoms with Crippen molar-refractivity contribution in [3.63, 3.8) is 0 Å². The average molecular weight is 447 g/mol. The van der Waals surface area contributed by atoms with E-state index in [1.165, 1.54) is 12.8 Å². The van der Waals surface area contributed by atoms with Crippen LogP contribution in [0.3, 0.4) is 0 Å². The average Bonchev–Trinajstić information content (AvgIpc) is 2.56. The highest BCUT2D eigenvalue weighted by Crippen LogP contribution is 2.28. The van der Waals surface area contributed by atoms with Crippen LogP contribution in [0.4, 0.5) is 0 Å². The van der Waals surface area contributed by atoms with Gasteiger partial charge in [0.15, 0.2) is 17.5 Å². The number of methoxy groups -OCH3 is 1. The molecule has 0 saturated carbocycles. The molecule has 1 heterocycles. The Hall–Kier alpha value is -1.18. The lowest BCUT2D eigenvalue weighted by Crippen LogP contribution is -2.45. The Balaban J connectivity index is 0.00000288. The summed E-state index contributed by atoms with van der Waals surface area (Å²) in [5.41, 5.74) is 1.15. The highest BCUT2D eigenvalue weighted by atomic mass is 127. The number of rotatable bonds is 5. The Labute approximate surface area is 162 Å². The number of ether oxygens (including phenoxy) is 2. The van der Waals surface area contributed by atoms with E-state index in [0.29, 0.717) is 6.61 Å². The van der Waals surface area contributed by atoms with Crippen molar-refractivity contribution in [2.75, 3.05) is 33.9 Å². The molecule has 5 nitrogen and oxygen atoms in total. The van der Waals surface area contributed by atoms with Crippen LogP contribution >= 0.6 is 24.0 Å². The minimum Gasteiger partial charge on any atom is -0.493 e. The van der Waals surface area contributed by atoms with E-state index in [1.54, 1.807) is 7.11 Å². The molecule has 0 radical (unpaired) electrons. The zero-order valence-corrected chi connectivity index (χ0v) is 17.5. The normalized spacial score (nSPS) is 17.9. The van der Waals surface area contributed by atoms with Gasteiger partial charge in [0.2, 0.25) is 0 Å². The number of hydrogen-bond donors (Lipinski definition) is 1. The fourth-order valence-corrected chi connectivity index (χ4v) is 2.99. The fourth-order valence-electron chi connectivity index (χ4n) is 2.99. The number of nitrogens with zero attached hydrogens (tertiary/aromatic N) is 2. The van der Waals surface area contributed by atoms with Crippen molar-refractivity contribution in [3.05, 3.63) is 23.8 Å². The number of nitrogens with one attached hydrogen (secondary N) is 1. The number of hydrogen-bond acceptors (Lipinski definition) is 3. The maximum absolute atomic E-state index is 5.64. The number of likely N-dealkylation sites (tertiary alicyclic amines) is 1. The Morgan fingerprint density at radius 2 is 2.17 bits per heavy atom. The smallest absolute Gasteiger partial charge is 0.193 e. The predicted molar refractivity (Wildman–Crippen MR) is 110 cm³/mol. The van der Waals surface area contributed by atoms with Crippen molar-refractivity contribution in [1.29, 1.82) is 0 Å². The molecule has 1 N–H and O–H groups in total. The van der Waals surface area contributed by atoms with Gasteiger partial charge >= 0.3 is 0 Å². The highest BCUT2D eigenvalue weighted by molar-refractivity contribution is 14.0. The molecule has 2 rings (SSSR count). The molecule has 136 valence electrons. The number of piperidine rings is 1.